The minimum absolute atomic E-state index is 0.336. The number of hydrogen-bond donors (Lipinski definition) is 1. The summed E-state index contributed by atoms with van der Waals surface area (Å²) < 4.78 is 2.15. The quantitative estimate of drug-likeness (QED) is 0.485. The van der Waals surface area contributed by atoms with Gasteiger partial charge < -0.3 is 5.02 Å². The topological polar surface area (TPSA) is 23.5 Å². The molecule has 71 valence electrons. The molecule has 0 fully saturated rings. The molecule has 0 saturated heterocycles. The molecule has 0 heterocycles. The van der Waals surface area contributed by atoms with Crippen molar-refractivity contribution in [2.24, 2.45) is 0 Å². The Hall–Kier alpha value is 0.415. The molecule has 2 nitrogen and oxygen atoms in total. The summed E-state index contributed by atoms with van der Waals surface area (Å²) in [5, 5.41) is 8.94. The van der Waals surface area contributed by atoms with Crippen LogP contribution in [-0.2, 0) is 0 Å². The largest absolute Gasteiger partial charge is 0.454 e. The van der Waals surface area contributed by atoms with Gasteiger partial charge in [0.05, 0.1) is 0 Å². The first kappa shape index (κ1) is 12.4. The number of rotatable bonds is 7. The third-order valence-electron chi connectivity index (χ3n) is 2.01. The lowest BCUT2D eigenvalue weighted by Gasteiger charge is -2.19. The van der Waals surface area contributed by atoms with Crippen molar-refractivity contribution in [3.8, 4) is 0 Å². The molecular weight excluding hydrogens is 168 g/mol. The fraction of sp³-hybridized carbons (Fsp3) is 1.00. The van der Waals surface area contributed by atoms with E-state index in [9.17, 15) is 0 Å². The SMILES string of the molecule is CCCCC([B]O)CN(P)CC. The summed E-state index contributed by atoms with van der Waals surface area (Å²) in [5.41, 5.74) is 0. The van der Waals surface area contributed by atoms with E-state index >= 15 is 0 Å². The van der Waals surface area contributed by atoms with Crippen molar-refractivity contribution in [1.29, 1.82) is 0 Å². The Morgan fingerprint density at radius 3 is 2.58 bits per heavy atom. The van der Waals surface area contributed by atoms with E-state index in [1.165, 1.54) is 20.3 Å². The number of hydrogen-bond acceptors (Lipinski definition) is 2. The lowest BCUT2D eigenvalue weighted by Crippen LogP contribution is -2.20. The highest BCUT2D eigenvalue weighted by Crippen LogP contribution is 2.16. The molecule has 0 aliphatic heterocycles. The smallest absolute Gasteiger partial charge is 0.291 e. The van der Waals surface area contributed by atoms with Crippen LogP contribution in [-0.4, -0.2) is 30.3 Å². The fourth-order valence-electron chi connectivity index (χ4n) is 1.11. The van der Waals surface area contributed by atoms with E-state index in [1.807, 2.05) is 0 Å². The minimum Gasteiger partial charge on any atom is -0.454 e. The molecule has 4 heteroatoms. The molecule has 0 aromatic carbocycles. The monoisotopic (exact) mass is 188 g/mol. The summed E-state index contributed by atoms with van der Waals surface area (Å²) in [5.74, 6) is 0.336. The van der Waals surface area contributed by atoms with E-state index in [2.05, 4.69) is 27.9 Å². The Balaban J connectivity index is 3.51. The van der Waals surface area contributed by atoms with Crippen LogP contribution >= 0.6 is 9.39 Å². The molecule has 2 unspecified atom stereocenters. The van der Waals surface area contributed by atoms with Crippen LogP contribution in [0.2, 0.25) is 5.82 Å². The second kappa shape index (κ2) is 8.03. The van der Waals surface area contributed by atoms with Gasteiger partial charge in [0.1, 0.15) is 0 Å². The number of unbranched alkanes of at least 4 members (excludes halogenated alkanes) is 1. The van der Waals surface area contributed by atoms with Gasteiger partial charge in [-0.25, -0.2) is 0 Å². The van der Waals surface area contributed by atoms with E-state index in [-0.39, 0.29) is 0 Å². The van der Waals surface area contributed by atoms with Gasteiger partial charge in [-0.1, -0.05) is 42.5 Å². The second-order valence-corrected chi connectivity index (χ2v) is 3.87. The highest BCUT2D eigenvalue weighted by Gasteiger charge is 2.10. The van der Waals surface area contributed by atoms with Crippen molar-refractivity contribution in [2.75, 3.05) is 13.1 Å². The van der Waals surface area contributed by atoms with Crippen LogP contribution in [0.25, 0.3) is 0 Å². The summed E-state index contributed by atoms with van der Waals surface area (Å²) in [6.07, 6.45) is 3.50. The van der Waals surface area contributed by atoms with E-state index in [0.717, 1.165) is 19.5 Å². The van der Waals surface area contributed by atoms with Gasteiger partial charge in [0.15, 0.2) is 0 Å². The molecule has 1 radical (unpaired) electrons. The Morgan fingerprint density at radius 2 is 2.17 bits per heavy atom. The van der Waals surface area contributed by atoms with Crippen LogP contribution in [0.5, 0.6) is 0 Å². The third kappa shape index (κ3) is 5.99. The predicted molar refractivity (Wildman–Crippen MR) is 58.2 cm³/mol. The second-order valence-electron chi connectivity index (χ2n) is 3.14. The highest BCUT2D eigenvalue weighted by atomic mass is 31.0. The first-order chi connectivity index (χ1) is 5.74. The Morgan fingerprint density at radius 1 is 1.50 bits per heavy atom. The van der Waals surface area contributed by atoms with Gasteiger partial charge in [0.25, 0.3) is 7.48 Å². The van der Waals surface area contributed by atoms with Gasteiger partial charge in [-0.2, -0.15) is 0 Å². The molecule has 0 aliphatic rings. The third-order valence-corrected chi connectivity index (χ3v) is 2.59. The molecule has 0 amide bonds. The normalized spacial score (nSPS) is 13.4. The molecule has 0 spiro atoms. The zero-order valence-electron chi connectivity index (χ0n) is 8.16. The molecule has 2 atom stereocenters. The van der Waals surface area contributed by atoms with Gasteiger partial charge in [-0.15, -0.1) is 0 Å². The average Bonchev–Trinajstić information content (AvgIpc) is 2.11. The van der Waals surface area contributed by atoms with Crippen LogP contribution in [0.15, 0.2) is 0 Å². The minimum atomic E-state index is 0.336. The Kier molecular flexibility index (Phi) is 8.31. The van der Waals surface area contributed by atoms with E-state index in [1.54, 1.807) is 0 Å². The van der Waals surface area contributed by atoms with Gasteiger partial charge >= 0.3 is 0 Å². The predicted octanol–water partition coefficient (Wildman–Crippen LogP) is 1.69. The Labute approximate surface area is 79.3 Å². The Bertz CT molecular complexity index is 105. The molecule has 0 saturated carbocycles. The van der Waals surface area contributed by atoms with Crippen LogP contribution in [0, 0.1) is 0 Å². The standard InChI is InChI=1S/C8H20BNOP/c1-3-5-6-8(9-11)7-10(12)4-2/h8,11H,3-7,12H2,1-2H3. The summed E-state index contributed by atoms with van der Waals surface area (Å²) in [6, 6.07) is 0. The molecular formula is C8H20BNOP. The van der Waals surface area contributed by atoms with Gasteiger partial charge in [-0.05, 0) is 18.9 Å². The van der Waals surface area contributed by atoms with Crippen molar-refractivity contribution in [3.63, 3.8) is 0 Å². The first-order valence-electron chi connectivity index (χ1n) is 4.71. The van der Waals surface area contributed by atoms with Gasteiger partial charge in [0.2, 0.25) is 0 Å². The molecule has 12 heavy (non-hydrogen) atoms. The van der Waals surface area contributed by atoms with E-state index in [4.69, 9.17) is 5.02 Å². The first-order valence-corrected chi connectivity index (χ1v) is 5.23. The van der Waals surface area contributed by atoms with E-state index in [0.29, 0.717) is 5.82 Å². The lowest BCUT2D eigenvalue weighted by molar-refractivity contribution is 0.443. The van der Waals surface area contributed by atoms with Crippen molar-refractivity contribution in [3.05, 3.63) is 0 Å². The molecule has 1 N–H and O–H groups in total. The van der Waals surface area contributed by atoms with Crippen LogP contribution in [0.4, 0.5) is 0 Å². The molecule has 0 bridgehead atoms. The maximum Gasteiger partial charge on any atom is 0.291 e. The molecule has 0 rings (SSSR count). The van der Waals surface area contributed by atoms with Crippen LogP contribution < -0.4 is 0 Å². The summed E-state index contributed by atoms with van der Waals surface area (Å²) in [4.78, 5) is 0. The van der Waals surface area contributed by atoms with Crippen molar-refractivity contribution < 1.29 is 5.02 Å². The average molecular weight is 188 g/mol. The summed E-state index contributed by atoms with van der Waals surface area (Å²) >= 11 is 0. The highest BCUT2D eigenvalue weighted by molar-refractivity contribution is 7.13. The summed E-state index contributed by atoms with van der Waals surface area (Å²) in [6.45, 7) is 6.24. The van der Waals surface area contributed by atoms with E-state index < -0.39 is 0 Å². The zero-order valence-corrected chi connectivity index (χ0v) is 9.32. The van der Waals surface area contributed by atoms with Crippen molar-refractivity contribution >= 4 is 16.9 Å². The maximum absolute atomic E-state index is 8.94. The van der Waals surface area contributed by atoms with Gasteiger partial charge in [-0.3, -0.25) is 4.67 Å². The van der Waals surface area contributed by atoms with Crippen molar-refractivity contribution in [2.45, 2.75) is 38.9 Å². The lowest BCUT2D eigenvalue weighted by atomic mass is 9.77. The molecule has 0 aliphatic carbocycles. The van der Waals surface area contributed by atoms with Crippen molar-refractivity contribution in [1.82, 2.24) is 4.67 Å². The number of nitrogens with zero attached hydrogens (tertiary/aromatic N) is 1. The van der Waals surface area contributed by atoms with Crippen LogP contribution in [0.1, 0.15) is 33.1 Å². The fourth-order valence-corrected chi connectivity index (χ4v) is 1.38. The van der Waals surface area contributed by atoms with Crippen LogP contribution in [0.3, 0.4) is 0 Å². The summed E-state index contributed by atoms with van der Waals surface area (Å²) in [7, 11) is 4.01. The maximum atomic E-state index is 8.94. The molecule has 0 aromatic heterocycles. The molecule has 0 aromatic rings. The van der Waals surface area contributed by atoms with Gasteiger partial charge in [0, 0.05) is 0 Å². The zero-order chi connectivity index (χ0) is 9.40.